The Morgan fingerprint density at radius 1 is 1.12 bits per heavy atom. The van der Waals surface area contributed by atoms with Crippen molar-refractivity contribution in [2.45, 2.75) is 69.4 Å². The van der Waals surface area contributed by atoms with Crippen LogP contribution in [0, 0.1) is 0 Å². The molecule has 2 atom stereocenters. The van der Waals surface area contributed by atoms with Gasteiger partial charge in [-0.1, -0.05) is 50.1 Å². The topological polar surface area (TPSA) is 35.6 Å². The summed E-state index contributed by atoms with van der Waals surface area (Å²) in [7, 11) is 0. The predicted octanol–water partition coefficient (Wildman–Crippen LogP) is 3.35. The van der Waals surface area contributed by atoms with E-state index in [1.165, 1.54) is 31.2 Å². The van der Waals surface area contributed by atoms with Crippen LogP contribution < -0.4 is 5.32 Å². The van der Waals surface area contributed by atoms with Gasteiger partial charge in [0, 0.05) is 25.7 Å². The molecular weight excluding hydrogens is 322 g/mol. The summed E-state index contributed by atoms with van der Waals surface area (Å²) in [5.41, 5.74) is 1.27. The number of hydrogen-bond donors (Lipinski definition) is 1. The number of amides is 1. The van der Waals surface area contributed by atoms with Crippen molar-refractivity contribution in [3.05, 3.63) is 35.9 Å². The summed E-state index contributed by atoms with van der Waals surface area (Å²) in [6.45, 7) is 6.08. The van der Waals surface area contributed by atoms with Crippen molar-refractivity contribution in [1.29, 1.82) is 0 Å². The zero-order chi connectivity index (χ0) is 18.0. The van der Waals surface area contributed by atoms with Crippen LogP contribution >= 0.6 is 0 Å². The summed E-state index contributed by atoms with van der Waals surface area (Å²) in [5, 5.41) is 3.11. The highest BCUT2D eigenvalue weighted by Crippen LogP contribution is 2.40. The zero-order valence-corrected chi connectivity index (χ0v) is 16.1. The van der Waals surface area contributed by atoms with E-state index in [0.29, 0.717) is 12.0 Å². The lowest BCUT2D eigenvalue weighted by atomic mass is 9.77. The molecule has 0 radical (unpaired) electrons. The minimum atomic E-state index is -0.233. The lowest BCUT2D eigenvalue weighted by Crippen LogP contribution is -2.58. The third-order valence-corrected chi connectivity index (χ3v) is 7.00. The molecule has 1 aromatic carbocycles. The van der Waals surface area contributed by atoms with Gasteiger partial charge in [-0.2, -0.15) is 0 Å². The first-order valence-electron chi connectivity index (χ1n) is 10.6. The Bertz CT molecular complexity index is 609. The van der Waals surface area contributed by atoms with Gasteiger partial charge in [-0.3, -0.25) is 14.6 Å². The molecule has 2 aliphatic heterocycles. The van der Waals surface area contributed by atoms with Crippen LogP contribution in [-0.4, -0.2) is 53.6 Å². The minimum absolute atomic E-state index is 0.233. The van der Waals surface area contributed by atoms with Crippen molar-refractivity contribution in [2.75, 3.05) is 26.3 Å². The molecule has 3 aliphatic rings. The third kappa shape index (κ3) is 3.18. The molecule has 1 N–H and O–H groups in total. The third-order valence-electron chi connectivity index (χ3n) is 7.00. The normalized spacial score (nSPS) is 29.8. The number of likely N-dealkylation sites (tertiary alicyclic amines) is 1. The molecule has 1 saturated carbocycles. The molecule has 1 amide bonds. The maximum Gasteiger partial charge on any atom is 0.241 e. The number of nitrogens with one attached hydrogen (secondary N) is 1. The van der Waals surface area contributed by atoms with Gasteiger partial charge in [-0.25, -0.2) is 0 Å². The van der Waals surface area contributed by atoms with Crippen LogP contribution in [0.1, 0.15) is 63.4 Å². The number of benzene rings is 1. The summed E-state index contributed by atoms with van der Waals surface area (Å²) in [5.74, 6) is 0.928. The first kappa shape index (κ1) is 18.0. The smallest absolute Gasteiger partial charge is 0.241 e. The molecule has 2 saturated heterocycles. The fraction of sp³-hybridized carbons (Fsp3) is 0.682. The number of hydrogen-bond acceptors (Lipinski definition) is 3. The molecule has 2 unspecified atom stereocenters. The molecule has 3 fully saturated rings. The van der Waals surface area contributed by atoms with Gasteiger partial charge in [0.1, 0.15) is 5.54 Å². The second-order valence-corrected chi connectivity index (χ2v) is 8.36. The van der Waals surface area contributed by atoms with Gasteiger partial charge in [0.25, 0.3) is 0 Å². The van der Waals surface area contributed by atoms with Crippen molar-refractivity contribution in [2.24, 2.45) is 0 Å². The van der Waals surface area contributed by atoms with E-state index >= 15 is 0 Å². The molecule has 1 spiro atoms. The molecule has 1 aliphatic carbocycles. The largest absolute Gasteiger partial charge is 0.342 e. The Morgan fingerprint density at radius 3 is 2.58 bits per heavy atom. The number of carbonyl (C=O) groups is 1. The molecule has 26 heavy (non-hydrogen) atoms. The quantitative estimate of drug-likeness (QED) is 0.900. The lowest BCUT2D eigenvalue weighted by molar-refractivity contribution is -0.129. The monoisotopic (exact) mass is 355 g/mol. The Morgan fingerprint density at radius 2 is 1.85 bits per heavy atom. The van der Waals surface area contributed by atoms with Crippen molar-refractivity contribution in [3.63, 3.8) is 0 Å². The molecule has 142 valence electrons. The SMILES string of the molecule is CCCN1CNC(=O)C12CCN(C1CCCCC1c1ccccc1)CC2. The maximum atomic E-state index is 12.6. The minimum Gasteiger partial charge on any atom is -0.342 e. The van der Waals surface area contributed by atoms with E-state index in [0.717, 1.165) is 45.6 Å². The van der Waals surface area contributed by atoms with E-state index in [-0.39, 0.29) is 11.4 Å². The van der Waals surface area contributed by atoms with Crippen LogP contribution in [0.2, 0.25) is 0 Å². The Labute approximate surface area is 157 Å². The molecule has 2 heterocycles. The van der Waals surface area contributed by atoms with E-state index in [1.54, 1.807) is 0 Å². The highest BCUT2D eigenvalue weighted by atomic mass is 16.2. The first-order chi connectivity index (χ1) is 12.7. The molecule has 0 bridgehead atoms. The first-order valence-corrected chi connectivity index (χ1v) is 10.6. The summed E-state index contributed by atoms with van der Waals surface area (Å²) < 4.78 is 0. The molecular formula is C22H33N3O. The molecule has 1 aromatic rings. The van der Waals surface area contributed by atoms with Gasteiger partial charge < -0.3 is 5.32 Å². The van der Waals surface area contributed by atoms with Gasteiger partial charge in [0.2, 0.25) is 5.91 Å². The van der Waals surface area contributed by atoms with E-state index < -0.39 is 0 Å². The Hall–Kier alpha value is -1.39. The van der Waals surface area contributed by atoms with Crippen LogP contribution in [0.3, 0.4) is 0 Å². The van der Waals surface area contributed by atoms with Crippen LogP contribution in [0.25, 0.3) is 0 Å². The fourth-order valence-corrected chi connectivity index (χ4v) is 5.60. The number of rotatable bonds is 4. The fourth-order valence-electron chi connectivity index (χ4n) is 5.60. The maximum absolute atomic E-state index is 12.6. The van der Waals surface area contributed by atoms with Crippen LogP contribution in [0.4, 0.5) is 0 Å². The zero-order valence-electron chi connectivity index (χ0n) is 16.1. The van der Waals surface area contributed by atoms with E-state index in [9.17, 15) is 4.79 Å². The Balaban J connectivity index is 1.47. The van der Waals surface area contributed by atoms with E-state index in [2.05, 4.69) is 52.4 Å². The van der Waals surface area contributed by atoms with Gasteiger partial charge in [-0.05, 0) is 43.6 Å². The average Bonchev–Trinajstić information content (AvgIpc) is 2.99. The van der Waals surface area contributed by atoms with Crippen LogP contribution in [0.15, 0.2) is 30.3 Å². The standard InChI is InChI=1S/C22H33N3O/c1-2-14-25-17-23-21(26)22(25)12-15-24(16-13-22)20-11-7-6-10-19(20)18-8-4-3-5-9-18/h3-5,8-9,19-20H,2,6-7,10-17H2,1H3,(H,23,26). The van der Waals surface area contributed by atoms with Crippen molar-refractivity contribution >= 4 is 5.91 Å². The van der Waals surface area contributed by atoms with Gasteiger partial charge in [0.15, 0.2) is 0 Å². The van der Waals surface area contributed by atoms with Crippen LogP contribution in [-0.2, 0) is 4.79 Å². The van der Waals surface area contributed by atoms with Crippen molar-refractivity contribution < 1.29 is 4.79 Å². The Kier molecular flexibility index (Phi) is 5.32. The van der Waals surface area contributed by atoms with Crippen LogP contribution in [0.5, 0.6) is 0 Å². The summed E-state index contributed by atoms with van der Waals surface area (Å²) >= 11 is 0. The van der Waals surface area contributed by atoms with Gasteiger partial charge in [0.05, 0.1) is 6.67 Å². The second-order valence-electron chi connectivity index (χ2n) is 8.36. The average molecular weight is 356 g/mol. The molecule has 0 aromatic heterocycles. The summed E-state index contributed by atoms with van der Waals surface area (Å²) in [4.78, 5) is 17.7. The second kappa shape index (κ2) is 7.69. The predicted molar refractivity (Wildman–Crippen MR) is 105 cm³/mol. The van der Waals surface area contributed by atoms with Crippen molar-refractivity contribution in [3.8, 4) is 0 Å². The van der Waals surface area contributed by atoms with Gasteiger partial charge in [-0.15, -0.1) is 0 Å². The summed E-state index contributed by atoms with van der Waals surface area (Å²) in [6, 6.07) is 11.7. The number of piperidine rings is 1. The lowest BCUT2D eigenvalue weighted by Gasteiger charge is -2.47. The van der Waals surface area contributed by atoms with E-state index in [1.807, 2.05) is 0 Å². The molecule has 4 nitrogen and oxygen atoms in total. The highest BCUT2D eigenvalue weighted by molar-refractivity contribution is 5.88. The van der Waals surface area contributed by atoms with Gasteiger partial charge >= 0.3 is 0 Å². The number of nitrogens with zero attached hydrogens (tertiary/aromatic N) is 2. The molecule has 4 rings (SSSR count). The molecule has 4 heteroatoms. The number of carbonyl (C=O) groups excluding carboxylic acids is 1. The van der Waals surface area contributed by atoms with Crippen molar-refractivity contribution in [1.82, 2.24) is 15.1 Å². The highest BCUT2D eigenvalue weighted by Gasteiger charge is 2.50. The summed E-state index contributed by atoms with van der Waals surface area (Å²) in [6.07, 6.45) is 8.38. The van der Waals surface area contributed by atoms with E-state index in [4.69, 9.17) is 0 Å².